The van der Waals surface area contributed by atoms with Crippen molar-refractivity contribution in [3.05, 3.63) is 53.4 Å². The van der Waals surface area contributed by atoms with Crippen molar-refractivity contribution in [3.63, 3.8) is 0 Å². The Balaban J connectivity index is 1.59. The smallest absolute Gasteiger partial charge is 0.358 e. The fraction of sp³-hybridized carbons (Fsp3) is 0.517. The van der Waals surface area contributed by atoms with Crippen LogP contribution < -0.4 is 10.6 Å². The van der Waals surface area contributed by atoms with Gasteiger partial charge in [0.05, 0.1) is 0 Å². The van der Waals surface area contributed by atoms with Gasteiger partial charge in [-0.2, -0.15) is 0 Å². The zero-order chi connectivity index (χ0) is 27.2. The number of carbonyl (C=O) groups excluding carboxylic acids is 2. The molecule has 204 valence electrons. The van der Waals surface area contributed by atoms with Gasteiger partial charge >= 0.3 is 5.97 Å². The van der Waals surface area contributed by atoms with Crippen LogP contribution in [0.25, 0.3) is 10.9 Å². The molecule has 9 heteroatoms. The third-order valence-electron chi connectivity index (χ3n) is 7.30. The zero-order valence-corrected chi connectivity index (χ0v) is 22.4. The summed E-state index contributed by atoms with van der Waals surface area (Å²) in [5.74, 6) is -1.20. The van der Waals surface area contributed by atoms with Crippen LogP contribution in [0.15, 0.2) is 34.9 Å². The van der Waals surface area contributed by atoms with Gasteiger partial charge in [-0.15, -0.1) is 0 Å². The molecule has 1 aliphatic carbocycles. The SMILES string of the molecule is Cc1oc([C@@H](Cc2c[nH]c3ccccc23)NC(=O)C(CC(C)C)NC(=O)C2CCCCCC2)nc1C(=O)O. The van der Waals surface area contributed by atoms with Gasteiger partial charge < -0.3 is 25.1 Å². The molecular weight excluding hydrogens is 484 g/mol. The first-order valence-corrected chi connectivity index (χ1v) is 13.6. The highest BCUT2D eigenvalue weighted by Gasteiger charge is 2.31. The van der Waals surface area contributed by atoms with E-state index in [2.05, 4.69) is 20.6 Å². The van der Waals surface area contributed by atoms with Crippen LogP contribution in [0.2, 0.25) is 0 Å². The van der Waals surface area contributed by atoms with Crippen molar-refractivity contribution in [3.8, 4) is 0 Å². The van der Waals surface area contributed by atoms with Gasteiger partial charge in [-0.1, -0.05) is 57.7 Å². The number of aromatic amines is 1. The van der Waals surface area contributed by atoms with Crippen LogP contribution in [0.3, 0.4) is 0 Å². The number of aryl methyl sites for hydroxylation is 1. The van der Waals surface area contributed by atoms with E-state index in [1.807, 2.05) is 44.3 Å². The molecule has 1 unspecified atom stereocenters. The van der Waals surface area contributed by atoms with Crippen molar-refractivity contribution in [2.75, 3.05) is 0 Å². The van der Waals surface area contributed by atoms with Crippen LogP contribution in [0, 0.1) is 18.8 Å². The number of carbonyl (C=O) groups is 3. The molecule has 4 N–H and O–H groups in total. The highest BCUT2D eigenvalue weighted by atomic mass is 16.4. The van der Waals surface area contributed by atoms with E-state index in [0.717, 1.165) is 55.0 Å². The van der Waals surface area contributed by atoms with Crippen molar-refractivity contribution in [1.29, 1.82) is 0 Å². The molecule has 4 rings (SSSR count). The second-order valence-electron chi connectivity index (χ2n) is 10.8. The summed E-state index contributed by atoms with van der Waals surface area (Å²) in [5.41, 5.74) is 1.70. The number of fused-ring (bicyclic) bond motifs is 1. The number of H-pyrrole nitrogens is 1. The van der Waals surface area contributed by atoms with E-state index in [4.69, 9.17) is 4.42 Å². The maximum absolute atomic E-state index is 13.6. The first-order chi connectivity index (χ1) is 18.2. The lowest BCUT2D eigenvalue weighted by molar-refractivity contribution is -0.132. The molecule has 1 aliphatic rings. The largest absolute Gasteiger partial charge is 0.476 e. The van der Waals surface area contributed by atoms with Crippen molar-refractivity contribution in [2.45, 2.75) is 84.2 Å². The number of hydrogen-bond acceptors (Lipinski definition) is 5. The van der Waals surface area contributed by atoms with Crippen molar-refractivity contribution in [2.24, 2.45) is 11.8 Å². The Morgan fingerprint density at radius 2 is 1.82 bits per heavy atom. The van der Waals surface area contributed by atoms with E-state index in [-0.39, 0.29) is 41.0 Å². The van der Waals surface area contributed by atoms with Gasteiger partial charge in [0.15, 0.2) is 5.69 Å². The van der Waals surface area contributed by atoms with Gasteiger partial charge in [-0.3, -0.25) is 9.59 Å². The second-order valence-corrected chi connectivity index (χ2v) is 10.8. The van der Waals surface area contributed by atoms with E-state index in [9.17, 15) is 19.5 Å². The zero-order valence-electron chi connectivity index (χ0n) is 22.4. The molecule has 0 saturated heterocycles. The minimum absolute atomic E-state index is 0.0685. The monoisotopic (exact) mass is 522 g/mol. The summed E-state index contributed by atoms with van der Waals surface area (Å²) >= 11 is 0. The predicted octanol–water partition coefficient (Wildman–Crippen LogP) is 5.06. The fourth-order valence-corrected chi connectivity index (χ4v) is 5.29. The molecule has 0 radical (unpaired) electrons. The normalized spacial score (nSPS) is 16.2. The van der Waals surface area contributed by atoms with Crippen molar-refractivity contribution >= 4 is 28.7 Å². The van der Waals surface area contributed by atoms with E-state index < -0.39 is 18.1 Å². The molecule has 0 spiro atoms. The lowest BCUT2D eigenvalue weighted by Gasteiger charge is -2.25. The average Bonchev–Trinajstić information content (AvgIpc) is 3.35. The quantitative estimate of drug-likeness (QED) is 0.275. The summed E-state index contributed by atoms with van der Waals surface area (Å²) in [5, 5.41) is 16.6. The second kappa shape index (κ2) is 12.3. The number of carboxylic acid groups (broad SMARTS) is 1. The molecule has 1 fully saturated rings. The molecule has 1 aromatic carbocycles. The number of para-hydroxylation sites is 1. The predicted molar refractivity (Wildman–Crippen MR) is 144 cm³/mol. The molecule has 2 atom stereocenters. The minimum atomic E-state index is -1.19. The van der Waals surface area contributed by atoms with Crippen molar-refractivity contribution < 1.29 is 23.9 Å². The molecular formula is C29H38N4O5. The number of hydrogen-bond donors (Lipinski definition) is 4. The van der Waals surface area contributed by atoms with Gasteiger partial charge in [-0.25, -0.2) is 9.78 Å². The molecule has 38 heavy (non-hydrogen) atoms. The number of amides is 2. The molecule has 2 amide bonds. The summed E-state index contributed by atoms with van der Waals surface area (Å²) in [6.07, 6.45) is 8.72. The number of nitrogens with one attached hydrogen (secondary N) is 3. The number of rotatable bonds is 10. The van der Waals surface area contributed by atoms with Crippen LogP contribution >= 0.6 is 0 Å². The topological polar surface area (TPSA) is 137 Å². The number of oxazole rings is 1. The lowest BCUT2D eigenvalue weighted by Crippen LogP contribution is -2.50. The van der Waals surface area contributed by atoms with Crippen LogP contribution in [-0.4, -0.2) is 38.9 Å². The number of aromatic carboxylic acids is 1. The van der Waals surface area contributed by atoms with Crippen molar-refractivity contribution in [1.82, 2.24) is 20.6 Å². The molecule has 0 aliphatic heterocycles. The average molecular weight is 523 g/mol. The Hall–Kier alpha value is -3.62. The Morgan fingerprint density at radius 1 is 1.11 bits per heavy atom. The number of carboxylic acids is 1. The van der Waals surface area contributed by atoms with E-state index in [1.165, 1.54) is 0 Å². The molecule has 0 bridgehead atoms. The molecule has 3 aromatic rings. The fourth-order valence-electron chi connectivity index (χ4n) is 5.29. The van der Waals surface area contributed by atoms with Gasteiger partial charge in [0, 0.05) is 29.4 Å². The standard InChI is InChI=1S/C29H38N4O5/c1-17(2)14-23(31-26(34)19-10-6-4-5-7-11-19)27(35)32-24(28-33-25(29(36)37)18(3)38-28)15-20-16-30-22-13-9-8-12-21(20)22/h8-9,12-13,16-17,19,23-24,30H,4-7,10-11,14-15H2,1-3H3,(H,31,34)(H,32,35)(H,36,37)/t23?,24-/m1/s1. The third kappa shape index (κ3) is 6.62. The van der Waals surface area contributed by atoms with E-state index >= 15 is 0 Å². The summed E-state index contributed by atoms with van der Waals surface area (Å²) in [7, 11) is 0. The summed E-state index contributed by atoms with van der Waals surface area (Å²) < 4.78 is 5.75. The molecule has 2 aromatic heterocycles. The van der Waals surface area contributed by atoms with Gasteiger partial charge in [-0.05, 0) is 43.7 Å². The van der Waals surface area contributed by atoms with E-state index in [0.29, 0.717) is 12.8 Å². The first-order valence-electron chi connectivity index (χ1n) is 13.6. The van der Waals surface area contributed by atoms with Gasteiger partial charge in [0.2, 0.25) is 17.7 Å². The molecule has 1 saturated carbocycles. The Kier molecular flexibility index (Phi) is 8.86. The Bertz CT molecular complexity index is 1270. The van der Waals surface area contributed by atoms with Crippen LogP contribution in [-0.2, 0) is 16.0 Å². The van der Waals surface area contributed by atoms with Crippen LogP contribution in [0.4, 0.5) is 0 Å². The third-order valence-corrected chi connectivity index (χ3v) is 7.30. The molecule has 9 nitrogen and oxygen atoms in total. The maximum atomic E-state index is 13.6. The number of benzene rings is 1. The lowest BCUT2D eigenvalue weighted by atomic mass is 9.97. The van der Waals surface area contributed by atoms with Crippen LogP contribution in [0.5, 0.6) is 0 Å². The minimum Gasteiger partial charge on any atom is -0.476 e. The maximum Gasteiger partial charge on any atom is 0.358 e. The Labute approximate surface area is 222 Å². The van der Waals surface area contributed by atoms with Crippen LogP contribution in [0.1, 0.15) is 92.5 Å². The van der Waals surface area contributed by atoms with Gasteiger partial charge in [0.25, 0.3) is 0 Å². The number of aromatic nitrogens is 2. The first kappa shape index (κ1) is 27.4. The molecule has 2 heterocycles. The highest BCUT2D eigenvalue weighted by Crippen LogP contribution is 2.27. The van der Waals surface area contributed by atoms with Gasteiger partial charge in [0.1, 0.15) is 17.8 Å². The summed E-state index contributed by atoms with van der Waals surface area (Å²) in [4.78, 5) is 45.9. The summed E-state index contributed by atoms with van der Waals surface area (Å²) in [6.45, 7) is 5.56. The number of nitrogens with zero attached hydrogens (tertiary/aromatic N) is 1. The Morgan fingerprint density at radius 3 is 2.47 bits per heavy atom. The summed E-state index contributed by atoms with van der Waals surface area (Å²) in [6, 6.07) is 6.38. The highest BCUT2D eigenvalue weighted by molar-refractivity contribution is 5.89. The van der Waals surface area contributed by atoms with E-state index in [1.54, 1.807) is 6.92 Å².